The summed E-state index contributed by atoms with van der Waals surface area (Å²) in [5, 5.41) is 0. The van der Waals surface area contributed by atoms with Gasteiger partial charge in [-0.25, -0.2) is 0 Å². The van der Waals surface area contributed by atoms with Gasteiger partial charge >= 0.3 is 0 Å². The van der Waals surface area contributed by atoms with E-state index in [4.69, 9.17) is 6.42 Å². The minimum Gasteiger partial charge on any atom is -0.195 e. The van der Waals surface area contributed by atoms with Gasteiger partial charge in [-0.1, -0.05) is 36.3 Å². The van der Waals surface area contributed by atoms with E-state index >= 15 is 0 Å². The molecule has 1 aromatic carbocycles. The molecule has 92 valence electrons. The Morgan fingerprint density at radius 3 is 2.29 bits per heavy atom. The monoisotopic (exact) mass is 252 g/mol. The Morgan fingerprint density at radius 2 is 1.82 bits per heavy atom. The van der Waals surface area contributed by atoms with E-state index in [0.29, 0.717) is 0 Å². The molecule has 0 aliphatic carbocycles. The zero-order valence-corrected chi connectivity index (χ0v) is 10.8. The number of benzene rings is 1. The molecule has 0 bridgehead atoms. The highest BCUT2D eigenvalue weighted by molar-refractivity contribution is 7.86. The number of rotatable bonds is 5. The first-order valence-corrected chi connectivity index (χ1v) is 6.53. The Morgan fingerprint density at radius 1 is 1.24 bits per heavy atom. The van der Waals surface area contributed by atoms with Gasteiger partial charge < -0.3 is 0 Å². The Hall–Kier alpha value is -1.35. The fourth-order valence-electron chi connectivity index (χ4n) is 1.34. The normalized spacial score (nSPS) is 11.7. The molecule has 4 nitrogen and oxygen atoms in total. The average Bonchev–Trinajstić information content (AvgIpc) is 2.29. The van der Waals surface area contributed by atoms with Crippen LogP contribution < -0.4 is 0 Å². The Kier molecular flexibility index (Phi) is 4.70. The first-order valence-electron chi connectivity index (χ1n) is 5.13. The van der Waals surface area contributed by atoms with E-state index in [1.54, 1.807) is 0 Å². The van der Waals surface area contributed by atoms with E-state index in [9.17, 15) is 8.42 Å². The smallest absolute Gasteiger partial charge is 0.195 e. The second kappa shape index (κ2) is 5.82. The third kappa shape index (κ3) is 3.56. The lowest BCUT2D eigenvalue weighted by Gasteiger charge is -2.23. The fraction of sp³-hybridized carbons (Fsp3) is 0.333. The highest BCUT2D eigenvalue weighted by Crippen LogP contribution is 2.10. The highest BCUT2D eigenvalue weighted by atomic mass is 32.2. The quantitative estimate of drug-likeness (QED) is 0.731. The van der Waals surface area contributed by atoms with E-state index in [2.05, 4.69) is 5.92 Å². The molecule has 1 aromatic rings. The standard InChI is InChI=1S/C12H16N2O2S/c1-4-10-14(17(15,16)13(2)3)11-12-8-6-5-7-9-12/h1,5-9H,10-11H2,2-3H3. The number of hydrogen-bond donors (Lipinski definition) is 0. The van der Waals surface area contributed by atoms with Crippen LogP contribution in [0.2, 0.25) is 0 Å². The molecule has 0 heterocycles. The SMILES string of the molecule is C#CCN(Cc1ccccc1)S(=O)(=O)N(C)C. The summed E-state index contributed by atoms with van der Waals surface area (Å²) >= 11 is 0. The first-order chi connectivity index (χ1) is 7.98. The largest absolute Gasteiger partial charge is 0.282 e. The van der Waals surface area contributed by atoms with Crippen LogP contribution in [-0.2, 0) is 16.8 Å². The van der Waals surface area contributed by atoms with Crippen molar-refractivity contribution >= 4 is 10.2 Å². The van der Waals surface area contributed by atoms with Crippen molar-refractivity contribution < 1.29 is 8.42 Å². The predicted molar refractivity (Wildman–Crippen MR) is 68.3 cm³/mol. The molecule has 0 aromatic heterocycles. The molecule has 5 heteroatoms. The second-order valence-corrected chi connectivity index (χ2v) is 5.89. The lowest BCUT2D eigenvalue weighted by molar-refractivity contribution is 0.397. The van der Waals surface area contributed by atoms with Gasteiger partial charge in [0, 0.05) is 20.6 Å². The van der Waals surface area contributed by atoms with Crippen molar-refractivity contribution in [2.75, 3.05) is 20.6 Å². The van der Waals surface area contributed by atoms with Gasteiger partial charge in [0.1, 0.15) is 0 Å². The van der Waals surface area contributed by atoms with Gasteiger partial charge in [0.05, 0.1) is 6.54 Å². The summed E-state index contributed by atoms with van der Waals surface area (Å²) in [5.74, 6) is 2.37. The lowest BCUT2D eigenvalue weighted by atomic mass is 10.2. The molecule has 0 radical (unpaired) electrons. The van der Waals surface area contributed by atoms with Gasteiger partial charge in [-0.3, -0.25) is 0 Å². The van der Waals surface area contributed by atoms with E-state index in [1.165, 1.54) is 18.4 Å². The maximum absolute atomic E-state index is 12.0. The molecule has 0 aliphatic heterocycles. The molecule has 0 fully saturated rings. The third-order valence-electron chi connectivity index (χ3n) is 2.26. The van der Waals surface area contributed by atoms with Gasteiger partial charge in [0.15, 0.2) is 0 Å². The van der Waals surface area contributed by atoms with Gasteiger partial charge in [0.25, 0.3) is 10.2 Å². The van der Waals surface area contributed by atoms with Crippen LogP contribution in [0.25, 0.3) is 0 Å². The molecule has 0 N–H and O–H groups in total. The van der Waals surface area contributed by atoms with Crippen LogP contribution >= 0.6 is 0 Å². The third-order valence-corrected chi connectivity index (χ3v) is 4.09. The molecule has 1 rings (SSSR count). The van der Waals surface area contributed by atoms with Crippen molar-refractivity contribution in [3.8, 4) is 12.3 Å². The van der Waals surface area contributed by atoms with Gasteiger partial charge in [-0.2, -0.15) is 17.0 Å². The summed E-state index contributed by atoms with van der Waals surface area (Å²) < 4.78 is 26.4. The topological polar surface area (TPSA) is 40.6 Å². The minimum atomic E-state index is -3.48. The van der Waals surface area contributed by atoms with Crippen LogP contribution in [0, 0.1) is 12.3 Å². The summed E-state index contributed by atoms with van der Waals surface area (Å²) in [7, 11) is -0.495. The molecular formula is C12H16N2O2S. The highest BCUT2D eigenvalue weighted by Gasteiger charge is 2.23. The summed E-state index contributed by atoms with van der Waals surface area (Å²) in [6, 6.07) is 9.36. The maximum atomic E-state index is 12.0. The predicted octanol–water partition coefficient (Wildman–Crippen LogP) is 0.928. The molecule has 17 heavy (non-hydrogen) atoms. The van der Waals surface area contributed by atoms with Crippen molar-refractivity contribution in [2.45, 2.75) is 6.54 Å². The van der Waals surface area contributed by atoms with Crippen LogP contribution in [0.1, 0.15) is 5.56 Å². The van der Waals surface area contributed by atoms with E-state index in [-0.39, 0.29) is 13.1 Å². The average molecular weight is 252 g/mol. The summed E-state index contributed by atoms with van der Waals surface area (Å²) in [6.07, 6.45) is 5.21. The summed E-state index contributed by atoms with van der Waals surface area (Å²) in [6.45, 7) is 0.348. The van der Waals surface area contributed by atoms with E-state index in [1.807, 2.05) is 30.3 Å². The van der Waals surface area contributed by atoms with Crippen molar-refractivity contribution in [1.82, 2.24) is 8.61 Å². The molecule has 0 unspecified atom stereocenters. The van der Waals surface area contributed by atoms with Crippen LogP contribution in [0.4, 0.5) is 0 Å². The van der Waals surface area contributed by atoms with Gasteiger partial charge in [0.2, 0.25) is 0 Å². The zero-order chi connectivity index (χ0) is 12.9. The molecule has 0 spiro atoms. The Bertz CT molecular complexity index is 489. The number of hydrogen-bond acceptors (Lipinski definition) is 2. The summed E-state index contributed by atoms with van der Waals surface area (Å²) in [5.41, 5.74) is 0.910. The molecule has 0 saturated carbocycles. The number of nitrogens with zero attached hydrogens (tertiary/aromatic N) is 2. The van der Waals surface area contributed by atoms with Crippen molar-refractivity contribution in [3.05, 3.63) is 35.9 Å². The van der Waals surface area contributed by atoms with Crippen molar-refractivity contribution in [1.29, 1.82) is 0 Å². The van der Waals surface area contributed by atoms with Gasteiger partial charge in [-0.05, 0) is 5.56 Å². The summed E-state index contributed by atoms with van der Waals surface area (Å²) in [4.78, 5) is 0. The minimum absolute atomic E-state index is 0.0649. The van der Waals surface area contributed by atoms with Crippen molar-refractivity contribution in [2.24, 2.45) is 0 Å². The second-order valence-electron chi connectivity index (χ2n) is 3.75. The molecule has 0 saturated heterocycles. The lowest BCUT2D eigenvalue weighted by Crippen LogP contribution is -2.39. The Labute approximate surface area is 103 Å². The van der Waals surface area contributed by atoms with Crippen LogP contribution in [0.5, 0.6) is 0 Å². The molecule has 0 atom stereocenters. The maximum Gasteiger partial charge on any atom is 0.282 e. The fourth-order valence-corrected chi connectivity index (χ4v) is 2.35. The van der Waals surface area contributed by atoms with Crippen LogP contribution in [-0.4, -0.2) is 37.7 Å². The van der Waals surface area contributed by atoms with Crippen molar-refractivity contribution in [3.63, 3.8) is 0 Å². The molecular weight excluding hydrogens is 236 g/mol. The van der Waals surface area contributed by atoms with Gasteiger partial charge in [-0.15, -0.1) is 6.42 Å². The van der Waals surface area contributed by atoms with Crippen LogP contribution in [0.15, 0.2) is 30.3 Å². The first kappa shape index (κ1) is 13.7. The number of terminal acetylenes is 1. The molecule has 0 amide bonds. The zero-order valence-electron chi connectivity index (χ0n) is 10.00. The Balaban J connectivity index is 2.93. The van der Waals surface area contributed by atoms with E-state index < -0.39 is 10.2 Å². The molecule has 0 aliphatic rings. The van der Waals surface area contributed by atoms with E-state index in [0.717, 1.165) is 9.87 Å². The van der Waals surface area contributed by atoms with Crippen LogP contribution in [0.3, 0.4) is 0 Å².